The summed E-state index contributed by atoms with van der Waals surface area (Å²) in [6, 6.07) is 2.13. The van der Waals surface area contributed by atoms with E-state index in [-0.39, 0.29) is 18.4 Å². The molecule has 0 unspecified atom stereocenters. The van der Waals surface area contributed by atoms with Gasteiger partial charge in [0.15, 0.2) is 11.6 Å². The number of hydrogen-bond donors (Lipinski definition) is 1. The molecule has 0 aromatic heterocycles. The molecular formula is C15H14F4O. The van der Waals surface area contributed by atoms with Crippen LogP contribution >= 0.6 is 0 Å². The molecule has 3 aliphatic rings. The third-order valence-electron chi connectivity index (χ3n) is 4.93. The van der Waals surface area contributed by atoms with Crippen LogP contribution in [0.3, 0.4) is 0 Å². The van der Waals surface area contributed by atoms with Crippen molar-refractivity contribution in [3.63, 3.8) is 0 Å². The molecule has 5 heteroatoms. The van der Waals surface area contributed by atoms with Gasteiger partial charge < -0.3 is 5.11 Å². The third kappa shape index (κ3) is 1.49. The Hall–Kier alpha value is -1.52. The highest BCUT2D eigenvalue weighted by molar-refractivity contribution is 5.44. The summed E-state index contributed by atoms with van der Waals surface area (Å²) in [6.45, 7) is 1.65. The summed E-state index contributed by atoms with van der Waals surface area (Å²) in [5.74, 6) is -5.37. The maximum absolute atomic E-state index is 14.4. The first kappa shape index (κ1) is 13.5. The molecule has 1 aromatic rings. The lowest BCUT2D eigenvalue weighted by atomic mass is 9.55. The molecule has 1 nitrogen and oxygen atoms in total. The lowest BCUT2D eigenvalue weighted by molar-refractivity contribution is 0.101. The first-order chi connectivity index (χ1) is 9.32. The molecule has 3 aliphatic carbocycles. The van der Waals surface area contributed by atoms with Gasteiger partial charge in [-0.2, -0.15) is 4.39 Å². The zero-order valence-corrected chi connectivity index (χ0v) is 10.9. The molecule has 1 saturated carbocycles. The Morgan fingerprint density at radius 2 is 1.50 bits per heavy atom. The van der Waals surface area contributed by atoms with Crippen molar-refractivity contribution < 1.29 is 22.7 Å². The Bertz CT molecular complexity index is 613. The second kappa shape index (κ2) is 3.99. The highest BCUT2D eigenvalue weighted by Gasteiger charge is 2.55. The average Bonchev–Trinajstić information content (AvgIpc) is 2.43. The van der Waals surface area contributed by atoms with Gasteiger partial charge in [-0.15, -0.1) is 0 Å². The summed E-state index contributed by atoms with van der Waals surface area (Å²) in [5.41, 5.74) is -2.46. The first-order valence-electron chi connectivity index (χ1n) is 6.55. The van der Waals surface area contributed by atoms with Crippen LogP contribution in [0.15, 0.2) is 23.8 Å². The molecule has 2 bridgehead atoms. The van der Waals surface area contributed by atoms with Crippen LogP contribution in [0.4, 0.5) is 17.6 Å². The van der Waals surface area contributed by atoms with Crippen molar-refractivity contribution in [2.45, 2.75) is 38.0 Å². The quantitative estimate of drug-likeness (QED) is 0.745. The monoisotopic (exact) mass is 286 g/mol. The zero-order valence-electron chi connectivity index (χ0n) is 10.9. The van der Waals surface area contributed by atoms with E-state index in [1.807, 2.05) is 0 Å². The van der Waals surface area contributed by atoms with Gasteiger partial charge in [0.1, 0.15) is 11.7 Å². The molecule has 0 atom stereocenters. The minimum Gasteiger partial charge on any atom is -0.505 e. The van der Waals surface area contributed by atoms with Crippen LogP contribution in [0.5, 0.6) is 5.75 Å². The fourth-order valence-corrected chi connectivity index (χ4v) is 3.44. The molecule has 4 rings (SSSR count). The van der Waals surface area contributed by atoms with Gasteiger partial charge in [0.25, 0.3) is 0 Å². The van der Waals surface area contributed by atoms with Gasteiger partial charge in [0.05, 0.1) is 5.41 Å². The number of allylic oxidation sites excluding steroid dienone is 2. The fourth-order valence-electron chi connectivity index (χ4n) is 3.44. The Balaban J connectivity index is 2.23. The Kier molecular flexibility index (Phi) is 2.69. The Labute approximate surface area is 113 Å². The summed E-state index contributed by atoms with van der Waals surface area (Å²) in [5, 5.41) is 9.15. The summed E-state index contributed by atoms with van der Waals surface area (Å²) in [7, 11) is 0. The van der Waals surface area contributed by atoms with Crippen molar-refractivity contribution in [2.24, 2.45) is 5.41 Å². The SMILES string of the molecule is CC12CCC(c3ccc(O)c(F)c3F)(CC1)C(F)=C2F. The van der Waals surface area contributed by atoms with E-state index >= 15 is 0 Å². The summed E-state index contributed by atoms with van der Waals surface area (Å²) in [4.78, 5) is 0. The minimum absolute atomic E-state index is 0.206. The van der Waals surface area contributed by atoms with Gasteiger partial charge in [0, 0.05) is 11.0 Å². The third-order valence-corrected chi connectivity index (χ3v) is 4.93. The van der Waals surface area contributed by atoms with Crippen molar-refractivity contribution in [2.75, 3.05) is 0 Å². The largest absolute Gasteiger partial charge is 0.505 e. The fraction of sp³-hybridized carbons (Fsp3) is 0.467. The Morgan fingerprint density at radius 3 is 2.10 bits per heavy atom. The van der Waals surface area contributed by atoms with E-state index in [0.717, 1.165) is 12.1 Å². The van der Waals surface area contributed by atoms with Gasteiger partial charge in [-0.05, 0) is 31.7 Å². The average molecular weight is 286 g/mol. The van der Waals surface area contributed by atoms with Gasteiger partial charge in [-0.25, -0.2) is 13.2 Å². The van der Waals surface area contributed by atoms with Crippen LogP contribution in [0.25, 0.3) is 0 Å². The molecule has 0 amide bonds. The van der Waals surface area contributed by atoms with Crippen molar-refractivity contribution in [1.29, 1.82) is 0 Å². The molecule has 1 N–H and O–H groups in total. The van der Waals surface area contributed by atoms with Crippen molar-refractivity contribution in [3.05, 3.63) is 41.0 Å². The van der Waals surface area contributed by atoms with Crippen LogP contribution in [0.1, 0.15) is 38.2 Å². The second-order valence-corrected chi connectivity index (χ2v) is 6.03. The molecule has 0 radical (unpaired) electrons. The number of halogens is 4. The van der Waals surface area contributed by atoms with Crippen molar-refractivity contribution in [3.8, 4) is 5.75 Å². The Morgan fingerprint density at radius 1 is 0.900 bits per heavy atom. The lowest BCUT2D eigenvalue weighted by Gasteiger charge is -2.49. The number of benzene rings is 1. The van der Waals surface area contributed by atoms with Gasteiger partial charge in [-0.3, -0.25) is 0 Å². The van der Waals surface area contributed by atoms with Crippen LogP contribution in [-0.2, 0) is 5.41 Å². The number of rotatable bonds is 1. The van der Waals surface area contributed by atoms with Gasteiger partial charge in [0.2, 0.25) is 5.82 Å². The zero-order chi connectivity index (χ0) is 14.7. The van der Waals surface area contributed by atoms with Crippen LogP contribution in [-0.4, -0.2) is 5.11 Å². The maximum Gasteiger partial charge on any atom is 0.200 e. The van der Waals surface area contributed by atoms with Crippen LogP contribution in [0.2, 0.25) is 0 Å². The summed E-state index contributed by atoms with van der Waals surface area (Å²) >= 11 is 0. The number of phenols is 1. The molecule has 108 valence electrons. The van der Waals surface area contributed by atoms with E-state index in [0.29, 0.717) is 12.8 Å². The molecule has 20 heavy (non-hydrogen) atoms. The molecule has 0 saturated heterocycles. The molecular weight excluding hydrogens is 272 g/mol. The smallest absolute Gasteiger partial charge is 0.200 e. The highest BCUT2D eigenvalue weighted by atomic mass is 19.2. The van der Waals surface area contributed by atoms with Gasteiger partial charge >= 0.3 is 0 Å². The predicted molar refractivity (Wildman–Crippen MR) is 65.5 cm³/mol. The molecule has 1 fully saturated rings. The standard InChI is InChI=1S/C15H14F4O/c1-14-4-6-15(7-5-14,13(19)12(14)18)8-2-3-9(20)11(17)10(8)16/h2-3,20H,4-7H2,1H3. The van der Waals surface area contributed by atoms with E-state index in [2.05, 4.69) is 0 Å². The summed E-state index contributed by atoms with van der Waals surface area (Å²) in [6.07, 6.45) is 1.27. The predicted octanol–water partition coefficient (Wildman–Crippen LogP) is 4.65. The van der Waals surface area contributed by atoms with Crippen molar-refractivity contribution in [1.82, 2.24) is 0 Å². The molecule has 0 aliphatic heterocycles. The van der Waals surface area contributed by atoms with E-state index in [9.17, 15) is 17.6 Å². The van der Waals surface area contributed by atoms with Crippen LogP contribution in [0, 0.1) is 17.0 Å². The normalized spacial score (nSPS) is 32.9. The van der Waals surface area contributed by atoms with Crippen LogP contribution < -0.4 is 0 Å². The number of fused-ring (bicyclic) bond motifs is 2. The summed E-state index contributed by atoms with van der Waals surface area (Å²) < 4.78 is 56.1. The minimum atomic E-state index is -1.43. The number of phenolic OH excluding ortho intramolecular Hbond substituents is 1. The lowest BCUT2D eigenvalue weighted by Crippen LogP contribution is -2.44. The van der Waals surface area contributed by atoms with E-state index < -0.39 is 39.9 Å². The topological polar surface area (TPSA) is 20.2 Å². The van der Waals surface area contributed by atoms with E-state index in [4.69, 9.17) is 5.11 Å². The second-order valence-electron chi connectivity index (χ2n) is 6.03. The molecule has 0 heterocycles. The maximum atomic E-state index is 14.4. The highest BCUT2D eigenvalue weighted by Crippen LogP contribution is 2.61. The number of hydrogen-bond acceptors (Lipinski definition) is 1. The first-order valence-corrected chi connectivity index (χ1v) is 6.55. The molecule has 1 aromatic carbocycles. The van der Waals surface area contributed by atoms with E-state index in [1.165, 1.54) is 0 Å². The number of aromatic hydroxyl groups is 1. The van der Waals surface area contributed by atoms with E-state index in [1.54, 1.807) is 6.92 Å². The van der Waals surface area contributed by atoms with Gasteiger partial charge in [-0.1, -0.05) is 13.0 Å². The van der Waals surface area contributed by atoms with Crippen molar-refractivity contribution >= 4 is 0 Å². The molecule has 0 spiro atoms.